The first-order chi connectivity index (χ1) is 8.16. The number of alkyl halides is 2. The zero-order chi connectivity index (χ0) is 12.3. The van der Waals surface area contributed by atoms with Crippen LogP contribution in [-0.2, 0) is 4.79 Å². The number of aromatic nitrogens is 2. The lowest BCUT2D eigenvalue weighted by Crippen LogP contribution is -2.19. The van der Waals surface area contributed by atoms with Crippen LogP contribution in [0, 0.1) is 0 Å². The number of carbonyl (C=O) groups excluding carboxylic acids is 1. The minimum Gasteiger partial charge on any atom is -0.423 e. The third-order valence-electron chi connectivity index (χ3n) is 1.96. The lowest BCUT2D eigenvalue weighted by Gasteiger charge is -2.04. The van der Waals surface area contributed by atoms with E-state index in [1.807, 2.05) is 0 Å². The summed E-state index contributed by atoms with van der Waals surface area (Å²) in [5.41, 5.74) is 0.913. The molecule has 1 N–H and O–H groups in total. The molecule has 0 aliphatic heterocycles. The number of rotatable bonds is 3. The van der Waals surface area contributed by atoms with Crippen molar-refractivity contribution < 1.29 is 18.0 Å². The molecule has 1 aromatic carbocycles. The van der Waals surface area contributed by atoms with E-state index >= 15 is 0 Å². The van der Waals surface area contributed by atoms with Gasteiger partial charge in [0, 0.05) is 11.3 Å². The van der Waals surface area contributed by atoms with Gasteiger partial charge in [0.05, 0.1) is 0 Å². The Morgan fingerprint density at radius 3 is 2.53 bits per heavy atom. The topological polar surface area (TPSA) is 68.0 Å². The number of carbonyl (C=O) groups is 1. The Labute approximate surface area is 94.5 Å². The van der Waals surface area contributed by atoms with Gasteiger partial charge in [-0.3, -0.25) is 4.79 Å². The van der Waals surface area contributed by atoms with Crippen LogP contribution in [0.3, 0.4) is 0 Å². The van der Waals surface area contributed by atoms with Crippen molar-refractivity contribution in [1.82, 2.24) is 10.2 Å². The number of nitrogens with one attached hydrogen (secondary N) is 1. The summed E-state index contributed by atoms with van der Waals surface area (Å²) < 4.78 is 28.9. The van der Waals surface area contributed by atoms with Crippen LogP contribution in [0.2, 0.25) is 0 Å². The maximum absolute atomic E-state index is 12.0. The molecular formula is C10H7F2N3O2. The maximum Gasteiger partial charge on any atom is 0.315 e. The van der Waals surface area contributed by atoms with Crippen LogP contribution in [0.25, 0.3) is 11.5 Å². The van der Waals surface area contributed by atoms with Gasteiger partial charge in [-0.1, -0.05) is 0 Å². The highest BCUT2D eigenvalue weighted by molar-refractivity contribution is 5.93. The van der Waals surface area contributed by atoms with Crippen molar-refractivity contribution in [2.24, 2.45) is 0 Å². The first-order valence-corrected chi connectivity index (χ1v) is 4.62. The average molecular weight is 239 g/mol. The fourth-order valence-electron chi connectivity index (χ4n) is 1.19. The Bertz CT molecular complexity index is 497. The number of benzene rings is 1. The molecule has 0 saturated heterocycles. The Hall–Kier alpha value is -2.31. The summed E-state index contributed by atoms with van der Waals surface area (Å²) in [5, 5.41) is 9.25. The second kappa shape index (κ2) is 4.69. The Morgan fingerprint density at radius 2 is 2.00 bits per heavy atom. The first kappa shape index (κ1) is 11.2. The van der Waals surface area contributed by atoms with Crippen LogP contribution in [0.5, 0.6) is 0 Å². The molecule has 88 valence electrons. The quantitative estimate of drug-likeness (QED) is 0.888. The molecule has 0 radical (unpaired) electrons. The third-order valence-corrected chi connectivity index (χ3v) is 1.96. The van der Waals surface area contributed by atoms with Gasteiger partial charge in [0.1, 0.15) is 0 Å². The van der Waals surface area contributed by atoms with Gasteiger partial charge in [-0.2, -0.15) is 8.78 Å². The average Bonchev–Trinajstić information content (AvgIpc) is 2.83. The molecule has 0 unspecified atom stereocenters. The van der Waals surface area contributed by atoms with Crippen LogP contribution in [0.1, 0.15) is 0 Å². The molecule has 5 nitrogen and oxygen atoms in total. The van der Waals surface area contributed by atoms with Gasteiger partial charge >= 0.3 is 6.43 Å². The minimum absolute atomic E-state index is 0.276. The van der Waals surface area contributed by atoms with E-state index in [2.05, 4.69) is 15.5 Å². The second-order valence-electron chi connectivity index (χ2n) is 3.11. The van der Waals surface area contributed by atoms with Gasteiger partial charge in [-0.15, -0.1) is 10.2 Å². The summed E-state index contributed by atoms with van der Waals surface area (Å²) in [6.07, 6.45) is -1.85. The molecule has 2 rings (SSSR count). The summed E-state index contributed by atoms with van der Waals surface area (Å²) in [7, 11) is 0. The normalized spacial score (nSPS) is 10.5. The van der Waals surface area contributed by atoms with Crippen LogP contribution in [-0.4, -0.2) is 22.5 Å². The van der Waals surface area contributed by atoms with Crippen molar-refractivity contribution in [2.75, 3.05) is 5.32 Å². The van der Waals surface area contributed by atoms with Gasteiger partial charge in [-0.05, 0) is 24.3 Å². The van der Waals surface area contributed by atoms with Gasteiger partial charge < -0.3 is 9.73 Å². The molecule has 1 heterocycles. The van der Waals surface area contributed by atoms with Gasteiger partial charge in [0.15, 0.2) is 0 Å². The lowest BCUT2D eigenvalue weighted by atomic mass is 10.2. The maximum atomic E-state index is 12.0. The highest BCUT2D eigenvalue weighted by Gasteiger charge is 2.14. The van der Waals surface area contributed by atoms with Crippen LogP contribution in [0.4, 0.5) is 14.5 Å². The first-order valence-electron chi connectivity index (χ1n) is 4.62. The van der Waals surface area contributed by atoms with E-state index in [4.69, 9.17) is 4.42 Å². The summed E-state index contributed by atoms with van der Waals surface area (Å²) in [4.78, 5) is 10.7. The SMILES string of the molecule is O=C(Nc1ccc(-c2nnco2)cc1)C(F)F. The van der Waals surface area contributed by atoms with E-state index in [9.17, 15) is 13.6 Å². The monoisotopic (exact) mass is 239 g/mol. The molecule has 0 aliphatic carbocycles. The van der Waals surface area contributed by atoms with E-state index in [1.54, 1.807) is 12.1 Å². The molecule has 0 saturated carbocycles. The van der Waals surface area contributed by atoms with Crippen LogP contribution in [0.15, 0.2) is 35.1 Å². The minimum atomic E-state index is -3.04. The molecule has 0 spiro atoms. The fourth-order valence-corrected chi connectivity index (χ4v) is 1.19. The van der Waals surface area contributed by atoms with Gasteiger partial charge in [-0.25, -0.2) is 0 Å². The summed E-state index contributed by atoms with van der Waals surface area (Å²) in [5.74, 6) is -1.02. The van der Waals surface area contributed by atoms with Crippen molar-refractivity contribution >= 4 is 11.6 Å². The summed E-state index contributed by atoms with van der Waals surface area (Å²) in [6, 6.07) is 6.10. The van der Waals surface area contributed by atoms with Crippen LogP contribution >= 0.6 is 0 Å². The molecule has 1 amide bonds. The van der Waals surface area contributed by atoms with Gasteiger partial charge in [0.25, 0.3) is 5.91 Å². The van der Waals surface area contributed by atoms with E-state index in [1.165, 1.54) is 18.5 Å². The predicted molar refractivity (Wildman–Crippen MR) is 54.4 cm³/mol. The molecule has 0 bridgehead atoms. The van der Waals surface area contributed by atoms with Crippen molar-refractivity contribution in [1.29, 1.82) is 0 Å². The van der Waals surface area contributed by atoms with E-state index in [0.717, 1.165) is 0 Å². The molecule has 17 heavy (non-hydrogen) atoms. The number of hydrogen-bond donors (Lipinski definition) is 1. The molecule has 0 atom stereocenters. The van der Waals surface area contributed by atoms with Crippen molar-refractivity contribution in [3.8, 4) is 11.5 Å². The predicted octanol–water partition coefficient (Wildman–Crippen LogP) is 1.94. The third kappa shape index (κ3) is 2.63. The van der Waals surface area contributed by atoms with E-state index in [-0.39, 0.29) is 5.69 Å². The van der Waals surface area contributed by atoms with Crippen LogP contribution < -0.4 is 5.32 Å². The lowest BCUT2D eigenvalue weighted by molar-refractivity contribution is -0.126. The smallest absolute Gasteiger partial charge is 0.315 e. The zero-order valence-electron chi connectivity index (χ0n) is 8.43. The van der Waals surface area contributed by atoms with Crippen molar-refractivity contribution in [3.05, 3.63) is 30.7 Å². The second-order valence-corrected chi connectivity index (χ2v) is 3.11. The van der Waals surface area contributed by atoms with Crippen molar-refractivity contribution in [2.45, 2.75) is 6.43 Å². The Kier molecular flexibility index (Phi) is 3.08. The zero-order valence-corrected chi connectivity index (χ0v) is 8.43. The molecular weight excluding hydrogens is 232 g/mol. The Balaban J connectivity index is 2.11. The number of nitrogens with zero attached hydrogens (tertiary/aromatic N) is 2. The van der Waals surface area contributed by atoms with Crippen molar-refractivity contribution in [3.63, 3.8) is 0 Å². The highest BCUT2D eigenvalue weighted by Crippen LogP contribution is 2.19. The van der Waals surface area contributed by atoms with E-state index in [0.29, 0.717) is 11.5 Å². The fraction of sp³-hybridized carbons (Fsp3) is 0.100. The Morgan fingerprint density at radius 1 is 1.29 bits per heavy atom. The largest absolute Gasteiger partial charge is 0.423 e. The molecule has 2 aromatic rings. The number of anilines is 1. The number of halogens is 2. The molecule has 0 aliphatic rings. The van der Waals surface area contributed by atoms with E-state index < -0.39 is 12.3 Å². The number of amides is 1. The standard InChI is InChI=1S/C10H7F2N3O2/c11-8(12)9(16)14-7-3-1-6(2-4-7)10-15-13-5-17-10/h1-5,8H,(H,14,16). The van der Waals surface area contributed by atoms with Gasteiger partial charge in [0.2, 0.25) is 12.3 Å². The summed E-state index contributed by atoms with van der Waals surface area (Å²) >= 11 is 0. The molecule has 1 aromatic heterocycles. The highest BCUT2D eigenvalue weighted by atomic mass is 19.3. The molecule has 7 heteroatoms. The molecule has 0 fully saturated rings. The number of hydrogen-bond acceptors (Lipinski definition) is 4. The summed E-state index contributed by atoms with van der Waals surface area (Å²) in [6.45, 7) is 0.